The van der Waals surface area contributed by atoms with E-state index in [1.54, 1.807) is 0 Å². The third-order valence-corrected chi connectivity index (χ3v) is 21.3. The molecular formula is C58H42O2Si2. The second-order valence-electron chi connectivity index (χ2n) is 18.4. The first-order chi connectivity index (χ1) is 30.3. The quantitative estimate of drug-likeness (QED) is 0.165. The van der Waals surface area contributed by atoms with Gasteiger partial charge in [0, 0.05) is 32.7 Å². The molecule has 2 aliphatic heterocycles. The second kappa shape index (κ2) is 12.8. The Kier molecular flexibility index (Phi) is 7.36. The van der Waals surface area contributed by atoms with Gasteiger partial charge in [-0.1, -0.05) is 184 Å². The highest BCUT2D eigenvalue weighted by Crippen LogP contribution is 2.48. The molecule has 2 aliphatic rings. The topological polar surface area (TPSA) is 26.3 Å². The standard InChI is InChI=1S/C58H42O2Si2/c1-61(2)49-33-46-50(34-45(49)53-51(61)31-43(57-55(53)41-25-11-13-27-47(41)59-57)39-23-15-21-37(29-39)35-17-7-5-8-18-35)62(3,4)52-32-44(40-24-16-22-38(30-40)36-19-9-6-10-20-36)58-56(54(46)52)42-26-12-14-28-48(42)60-58/h5-34H,1-4H3. The Morgan fingerprint density at radius 1 is 0.306 bits per heavy atom. The van der Waals surface area contributed by atoms with Gasteiger partial charge in [-0.25, -0.2) is 0 Å². The zero-order valence-corrected chi connectivity index (χ0v) is 37.1. The molecule has 0 amide bonds. The predicted octanol–water partition coefficient (Wildman–Crippen LogP) is 13.8. The highest BCUT2D eigenvalue weighted by atomic mass is 28.3. The third kappa shape index (κ3) is 4.90. The maximum Gasteiger partial charge on any atom is 0.143 e. The molecular weight excluding hydrogens is 785 g/mol. The minimum atomic E-state index is -2.27. The first-order valence-corrected chi connectivity index (χ1v) is 27.7. The average molecular weight is 827 g/mol. The van der Waals surface area contributed by atoms with Gasteiger partial charge in [0.05, 0.1) is 0 Å². The molecule has 0 N–H and O–H groups in total. The molecule has 4 heterocycles. The molecule has 294 valence electrons. The molecule has 2 nitrogen and oxygen atoms in total. The third-order valence-electron chi connectivity index (χ3n) is 14.2. The van der Waals surface area contributed by atoms with Crippen LogP contribution in [0.1, 0.15) is 0 Å². The summed E-state index contributed by atoms with van der Waals surface area (Å²) in [6.45, 7) is 10.2. The Balaban J connectivity index is 1.06. The van der Waals surface area contributed by atoms with Gasteiger partial charge in [0.2, 0.25) is 0 Å². The van der Waals surface area contributed by atoms with Gasteiger partial charge in [0.25, 0.3) is 0 Å². The van der Waals surface area contributed by atoms with Crippen LogP contribution >= 0.6 is 0 Å². The summed E-state index contributed by atoms with van der Waals surface area (Å²) in [5.41, 5.74) is 18.9. The Hall–Kier alpha value is -6.99. The molecule has 0 aliphatic carbocycles. The van der Waals surface area contributed by atoms with Crippen molar-refractivity contribution in [3.05, 3.63) is 182 Å². The lowest BCUT2D eigenvalue weighted by molar-refractivity contribution is 0.670. The number of para-hydroxylation sites is 2. The summed E-state index contributed by atoms with van der Waals surface area (Å²) in [5.74, 6) is 0. The van der Waals surface area contributed by atoms with Crippen molar-refractivity contribution in [2.75, 3.05) is 0 Å². The van der Waals surface area contributed by atoms with Gasteiger partial charge >= 0.3 is 0 Å². The summed E-state index contributed by atoms with van der Waals surface area (Å²) in [7, 11) is -4.54. The van der Waals surface area contributed by atoms with Gasteiger partial charge in [-0.2, -0.15) is 0 Å². The molecule has 4 heteroatoms. The van der Waals surface area contributed by atoms with E-state index in [0.717, 1.165) is 22.3 Å². The fourth-order valence-electron chi connectivity index (χ4n) is 11.1. The number of benzene rings is 9. The zero-order valence-electron chi connectivity index (χ0n) is 35.1. The number of hydrogen-bond acceptors (Lipinski definition) is 2. The summed E-state index contributed by atoms with van der Waals surface area (Å²) >= 11 is 0. The Morgan fingerprint density at radius 3 is 1.10 bits per heavy atom. The van der Waals surface area contributed by atoms with E-state index in [1.165, 1.54) is 109 Å². The summed E-state index contributed by atoms with van der Waals surface area (Å²) in [6.07, 6.45) is 0. The van der Waals surface area contributed by atoms with Gasteiger partial charge in [-0.3, -0.25) is 0 Å². The summed E-state index contributed by atoms with van der Waals surface area (Å²) in [6, 6.07) is 67.0. The van der Waals surface area contributed by atoms with Crippen LogP contribution in [0, 0.1) is 0 Å². The number of fused-ring (bicyclic) bond motifs is 14. The van der Waals surface area contributed by atoms with Crippen LogP contribution in [0.4, 0.5) is 0 Å². The lowest BCUT2D eigenvalue weighted by Crippen LogP contribution is -2.51. The first kappa shape index (κ1) is 35.7. The largest absolute Gasteiger partial charge is 0.455 e. The van der Waals surface area contributed by atoms with Gasteiger partial charge in [0.15, 0.2) is 0 Å². The lowest BCUT2D eigenvalue weighted by atomic mass is 9.91. The van der Waals surface area contributed by atoms with Crippen molar-refractivity contribution in [3.63, 3.8) is 0 Å². The van der Waals surface area contributed by atoms with E-state index in [9.17, 15) is 0 Å². The second-order valence-corrected chi connectivity index (χ2v) is 27.0. The van der Waals surface area contributed by atoms with Crippen LogP contribution in [0.25, 0.3) is 111 Å². The smallest absolute Gasteiger partial charge is 0.143 e. The highest BCUT2D eigenvalue weighted by molar-refractivity contribution is 7.06. The maximum atomic E-state index is 6.96. The van der Waals surface area contributed by atoms with Crippen molar-refractivity contribution in [2.45, 2.75) is 26.2 Å². The van der Waals surface area contributed by atoms with Gasteiger partial charge in [-0.05, 0) is 101 Å². The van der Waals surface area contributed by atoms with E-state index in [2.05, 4.69) is 208 Å². The van der Waals surface area contributed by atoms with Crippen molar-refractivity contribution >= 4 is 80.8 Å². The predicted molar refractivity (Wildman–Crippen MR) is 267 cm³/mol. The minimum Gasteiger partial charge on any atom is -0.455 e. The van der Waals surface area contributed by atoms with E-state index in [0.29, 0.717) is 0 Å². The molecule has 2 aromatic heterocycles. The monoisotopic (exact) mass is 826 g/mol. The SMILES string of the molecule is C[Si]1(C)c2cc3c(cc2-c2c1cc(-c1cccc(-c4ccccc4)c1)c1oc4ccccc4c21)[Si](C)(C)c1cc(-c2cccc(-c4ccccc4)c2)c2oc4ccccc4c2c1-3. The molecule has 0 bridgehead atoms. The van der Waals surface area contributed by atoms with Crippen LogP contribution in [0.5, 0.6) is 0 Å². The molecule has 0 radical (unpaired) electrons. The van der Waals surface area contributed by atoms with Crippen LogP contribution in [-0.2, 0) is 0 Å². The first-order valence-electron chi connectivity index (χ1n) is 21.7. The van der Waals surface area contributed by atoms with Crippen LogP contribution in [-0.4, -0.2) is 16.1 Å². The van der Waals surface area contributed by atoms with Crippen molar-refractivity contribution in [1.82, 2.24) is 0 Å². The zero-order chi connectivity index (χ0) is 41.5. The molecule has 62 heavy (non-hydrogen) atoms. The lowest BCUT2D eigenvalue weighted by Gasteiger charge is -2.22. The number of furan rings is 2. The molecule has 0 saturated heterocycles. The molecule has 0 fully saturated rings. The number of hydrogen-bond donors (Lipinski definition) is 0. The summed E-state index contributed by atoms with van der Waals surface area (Å²) in [5, 5.41) is 10.9. The highest BCUT2D eigenvalue weighted by Gasteiger charge is 2.46. The molecule has 0 unspecified atom stereocenters. The van der Waals surface area contributed by atoms with E-state index in [4.69, 9.17) is 8.83 Å². The molecule has 0 spiro atoms. The van der Waals surface area contributed by atoms with Crippen molar-refractivity contribution in [3.8, 4) is 66.8 Å². The Bertz CT molecular complexity index is 3440. The fraction of sp³-hybridized carbons (Fsp3) is 0.0690. The normalized spacial score (nSPS) is 14.4. The van der Waals surface area contributed by atoms with Crippen molar-refractivity contribution < 1.29 is 8.83 Å². The van der Waals surface area contributed by atoms with Gasteiger partial charge in [0.1, 0.15) is 38.5 Å². The molecule has 11 aromatic rings. The fourth-order valence-corrected chi connectivity index (χ4v) is 17.2. The van der Waals surface area contributed by atoms with E-state index >= 15 is 0 Å². The molecule has 0 atom stereocenters. The molecule has 9 aromatic carbocycles. The Labute approximate surface area is 362 Å². The van der Waals surface area contributed by atoms with Crippen LogP contribution in [0.2, 0.25) is 26.2 Å². The van der Waals surface area contributed by atoms with Crippen LogP contribution in [0.3, 0.4) is 0 Å². The molecule has 13 rings (SSSR count). The Morgan fingerprint density at radius 2 is 0.661 bits per heavy atom. The van der Waals surface area contributed by atoms with E-state index in [-0.39, 0.29) is 0 Å². The average Bonchev–Trinajstić information content (AvgIpc) is 4.01. The summed E-state index contributed by atoms with van der Waals surface area (Å²) in [4.78, 5) is 0. The maximum absolute atomic E-state index is 6.96. The number of rotatable bonds is 4. The van der Waals surface area contributed by atoms with E-state index < -0.39 is 16.1 Å². The van der Waals surface area contributed by atoms with Crippen LogP contribution in [0.15, 0.2) is 191 Å². The van der Waals surface area contributed by atoms with Crippen molar-refractivity contribution in [2.24, 2.45) is 0 Å². The molecule has 0 saturated carbocycles. The van der Waals surface area contributed by atoms with Crippen molar-refractivity contribution in [1.29, 1.82) is 0 Å². The van der Waals surface area contributed by atoms with Crippen LogP contribution < -0.4 is 20.7 Å². The van der Waals surface area contributed by atoms with Gasteiger partial charge in [-0.15, -0.1) is 0 Å². The van der Waals surface area contributed by atoms with E-state index in [1.807, 2.05) is 0 Å². The summed E-state index contributed by atoms with van der Waals surface area (Å²) < 4.78 is 13.9. The minimum absolute atomic E-state index is 0.936. The van der Waals surface area contributed by atoms with Gasteiger partial charge < -0.3 is 8.83 Å².